The van der Waals surface area contributed by atoms with E-state index in [2.05, 4.69) is 6.58 Å². The normalized spacial score (nSPS) is 10.7. The molecule has 0 amide bonds. The summed E-state index contributed by atoms with van der Waals surface area (Å²) in [4.78, 5) is 0. The quantitative estimate of drug-likeness (QED) is 0.469. The molecule has 2 heteroatoms. The number of halogens is 1. The highest BCUT2D eigenvalue weighted by atomic mass is 35.5. The van der Waals surface area contributed by atoms with Crippen molar-refractivity contribution in [2.75, 3.05) is 7.11 Å². The van der Waals surface area contributed by atoms with Gasteiger partial charge in [0.1, 0.15) is 5.76 Å². The Labute approximate surface area is 73.0 Å². The summed E-state index contributed by atoms with van der Waals surface area (Å²) in [5, 5.41) is 0.421. The maximum atomic E-state index is 5.61. The van der Waals surface area contributed by atoms with Gasteiger partial charge in [-0.25, -0.2) is 0 Å². The second-order valence-corrected chi connectivity index (χ2v) is 2.84. The zero-order valence-corrected chi connectivity index (χ0v) is 7.90. The minimum Gasteiger partial charge on any atom is -0.495 e. The van der Waals surface area contributed by atoms with E-state index in [1.54, 1.807) is 13.2 Å². The molecule has 0 aromatic carbocycles. The van der Waals surface area contributed by atoms with Gasteiger partial charge >= 0.3 is 0 Å². The Morgan fingerprint density at radius 3 is 2.18 bits per heavy atom. The first kappa shape index (κ1) is 10.3. The topological polar surface area (TPSA) is 9.23 Å². The van der Waals surface area contributed by atoms with Crippen LogP contribution in [0.2, 0.25) is 0 Å². The van der Waals surface area contributed by atoms with Crippen molar-refractivity contribution in [2.45, 2.75) is 13.8 Å². The van der Waals surface area contributed by atoms with Crippen LogP contribution >= 0.6 is 11.6 Å². The van der Waals surface area contributed by atoms with Crippen molar-refractivity contribution in [3.63, 3.8) is 0 Å². The van der Waals surface area contributed by atoms with Gasteiger partial charge in [0, 0.05) is 0 Å². The monoisotopic (exact) mass is 172 g/mol. The molecule has 0 saturated heterocycles. The second kappa shape index (κ2) is 5.03. The van der Waals surface area contributed by atoms with Crippen LogP contribution in [0.5, 0.6) is 0 Å². The molecular formula is C9H13ClO. The van der Waals surface area contributed by atoms with E-state index in [0.717, 1.165) is 0 Å². The van der Waals surface area contributed by atoms with Crippen molar-refractivity contribution in [2.24, 2.45) is 0 Å². The van der Waals surface area contributed by atoms with Gasteiger partial charge < -0.3 is 4.74 Å². The van der Waals surface area contributed by atoms with Crippen molar-refractivity contribution in [3.05, 3.63) is 35.1 Å². The molecule has 0 atom stereocenters. The Kier molecular flexibility index (Phi) is 4.71. The highest BCUT2D eigenvalue weighted by Gasteiger charge is 1.95. The minimum absolute atomic E-state index is 0.421. The fraction of sp³-hybridized carbons (Fsp3) is 0.333. The van der Waals surface area contributed by atoms with Gasteiger partial charge in [-0.15, -0.1) is 0 Å². The SMILES string of the molecule is C=C(Cl)C(=CC=C(C)C)OC. The molecule has 0 aromatic heterocycles. The van der Waals surface area contributed by atoms with Crippen LogP contribution in [-0.2, 0) is 4.74 Å². The van der Waals surface area contributed by atoms with E-state index in [1.807, 2.05) is 19.9 Å². The van der Waals surface area contributed by atoms with E-state index in [-0.39, 0.29) is 0 Å². The molecule has 0 heterocycles. The molecule has 0 saturated carbocycles. The van der Waals surface area contributed by atoms with Crippen LogP contribution in [0.25, 0.3) is 0 Å². The van der Waals surface area contributed by atoms with E-state index in [9.17, 15) is 0 Å². The number of allylic oxidation sites excluding steroid dienone is 4. The molecule has 11 heavy (non-hydrogen) atoms. The van der Waals surface area contributed by atoms with E-state index >= 15 is 0 Å². The third-order valence-corrected chi connectivity index (χ3v) is 1.24. The van der Waals surface area contributed by atoms with Gasteiger partial charge in [0.15, 0.2) is 0 Å². The smallest absolute Gasteiger partial charge is 0.136 e. The molecule has 0 bridgehead atoms. The number of hydrogen-bond acceptors (Lipinski definition) is 1. The predicted octanol–water partition coefficient (Wildman–Crippen LogP) is 3.24. The van der Waals surface area contributed by atoms with Crippen LogP contribution in [0.4, 0.5) is 0 Å². The average Bonchev–Trinajstić information content (AvgIpc) is 1.87. The molecule has 62 valence electrons. The summed E-state index contributed by atoms with van der Waals surface area (Å²) in [7, 11) is 1.57. The van der Waals surface area contributed by atoms with Crippen LogP contribution in [0, 0.1) is 0 Å². The standard InChI is InChI=1S/C9H13ClO/c1-7(2)5-6-9(11-4)8(3)10/h5-6H,3H2,1-2,4H3. The molecule has 0 aromatic rings. The highest BCUT2D eigenvalue weighted by Crippen LogP contribution is 2.12. The Balaban J connectivity index is 4.37. The molecule has 0 rings (SSSR count). The maximum Gasteiger partial charge on any atom is 0.136 e. The fourth-order valence-electron chi connectivity index (χ4n) is 0.512. The molecule has 0 radical (unpaired) electrons. The van der Waals surface area contributed by atoms with Crippen molar-refractivity contribution < 1.29 is 4.74 Å². The second-order valence-electron chi connectivity index (χ2n) is 2.38. The van der Waals surface area contributed by atoms with Crippen LogP contribution in [0.1, 0.15) is 13.8 Å². The summed E-state index contributed by atoms with van der Waals surface area (Å²) < 4.78 is 4.95. The molecule has 0 N–H and O–H groups in total. The summed E-state index contributed by atoms with van der Waals surface area (Å²) in [5.74, 6) is 0.605. The van der Waals surface area contributed by atoms with Crippen LogP contribution in [0.3, 0.4) is 0 Å². The van der Waals surface area contributed by atoms with Crippen molar-refractivity contribution in [1.29, 1.82) is 0 Å². The number of rotatable bonds is 3. The average molecular weight is 173 g/mol. The summed E-state index contributed by atoms with van der Waals surface area (Å²) >= 11 is 5.61. The summed E-state index contributed by atoms with van der Waals surface area (Å²) in [6.07, 6.45) is 3.72. The van der Waals surface area contributed by atoms with E-state index in [1.165, 1.54) is 5.57 Å². The first-order chi connectivity index (χ1) is 5.07. The summed E-state index contributed by atoms with van der Waals surface area (Å²) in [5.41, 5.74) is 1.19. The van der Waals surface area contributed by atoms with Crippen molar-refractivity contribution >= 4 is 11.6 Å². The fourth-order valence-corrected chi connectivity index (χ4v) is 0.652. The lowest BCUT2D eigenvalue weighted by atomic mass is 10.3. The van der Waals surface area contributed by atoms with Gasteiger partial charge in [-0.05, 0) is 19.9 Å². The molecule has 0 fully saturated rings. The Hall–Kier alpha value is -0.690. The molecule has 0 spiro atoms. The molecule has 1 nitrogen and oxygen atoms in total. The molecule has 0 unspecified atom stereocenters. The first-order valence-corrected chi connectivity index (χ1v) is 3.69. The maximum absolute atomic E-state index is 5.61. The molecule has 0 aliphatic rings. The molecule has 0 aliphatic carbocycles. The summed E-state index contributed by atoms with van der Waals surface area (Å²) in [6, 6.07) is 0. The van der Waals surface area contributed by atoms with Gasteiger partial charge in [0.05, 0.1) is 12.1 Å². The lowest BCUT2D eigenvalue weighted by Crippen LogP contribution is -1.83. The van der Waals surface area contributed by atoms with E-state index in [0.29, 0.717) is 10.8 Å². The lowest BCUT2D eigenvalue weighted by Gasteiger charge is -2.00. The van der Waals surface area contributed by atoms with Gasteiger partial charge in [0.25, 0.3) is 0 Å². The van der Waals surface area contributed by atoms with Crippen LogP contribution in [0.15, 0.2) is 35.1 Å². The van der Waals surface area contributed by atoms with Crippen molar-refractivity contribution in [3.8, 4) is 0 Å². The number of hydrogen-bond donors (Lipinski definition) is 0. The Bertz CT molecular complexity index is 198. The highest BCUT2D eigenvalue weighted by molar-refractivity contribution is 6.31. The Morgan fingerprint density at radius 2 is 1.91 bits per heavy atom. The largest absolute Gasteiger partial charge is 0.495 e. The lowest BCUT2D eigenvalue weighted by molar-refractivity contribution is 0.305. The number of ether oxygens (including phenoxy) is 1. The van der Waals surface area contributed by atoms with Gasteiger partial charge in [-0.1, -0.05) is 29.8 Å². The van der Waals surface area contributed by atoms with Gasteiger partial charge in [0.2, 0.25) is 0 Å². The number of methoxy groups -OCH3 is 1. The van der Waals surface area contributed by atoms with Gasteiger partial charge in [-0.3, -0.25) is 0 Å². The van der Waals surface area contributed by atoms with Crippen LogP contribution < -0.4 is 0 Å². The first-order valence-electron chi connectivity index (χ1n) is 3.32. The Morgan fingerprint density at radius 1 is 1.36 bits per heavy atom. The zero-order chi connectivity index (χ0) is 8.85. The van der Waals surface area contributed by atoms with E-state index < -0.39 is 0 Å². The van der Waals surface area contributed by atoms with E-state index in [4.69, 9.17) is 16.3 Å². The molecular weight excluding hydrogens is 160 g/mol. The third kappa shape index (κ3) is 4.68. The zero-order valence-electron chi connectivity index (χ0n) is 7.15. The minimum atomic E-state index is 0.421. The molecule has 0 aliphatic heterocycles. The predicted molar refractivity (Wildman–Crippen MR) is 49.5 cm³/mol. The summed E-state index contributed by atoms with van der Waals surface area (Å²) in [6.45, 7) is 7.55. The third-order valence-electron chi connectivity index (χ3n) is 1.06. The van der Waals surface area contributed by atoms with Crippen LogP contribution in [-0.4, -0.2) is 7.11 Å². The van der Waals surface area contributed by atoms with Gasteiger partial charge in [-0.2, -0.15) is 0 Å². The van der Waals surface area contributed by atoms with Crippen molar-refractivity contribution in [1.82, 2.24) is 0 Å².